The molecule has 1 aromatic heterocycles. The molecule has 1 saturated heterocycles. The lowest BCUT2D eigenvalue weighted by Crippen LogP contribution is -2.44. The number of nitrogens with one attached hydrogen (secondary N) is 2. The van der Waals surface area contributed by atoms with E-state index in [4.69, 9.17) is 10.5 Å². The molecule has 1 aliphatic rings. The van der Waals surface area contributed by atoms with Gasteiger partial charge >= 0.3 is 0 Å². The normalized spacial score (nSPS) is 18.4. The predicted molar refractivity (Wildman–Crippen MR) is 142 cm³/mol. The van der Waals surface area contributed by atoms with E-state index in [2.05, 4.69) is 43.9 Å². The minimum Gasteiger partial charge on any atom is -0.486 e. The Hall–Kier alpha value is -4.18. The highest BCUT2D eigenvalue weighted by Crippen LogP contribution is 2.37. The fourth-order valence-electron chi connectivity index (χ4n) is 4.09. The lowest BCUT2D eigenvalue weighted by Gasteiger charge is -2.28. The van der Waals surface area contributed by atoms with Crippen LogP contribution in [0.3, 0.4) is 0 Å². The van der Waals surface area contributed by atoms with E-state index >= 15 is 4.39 Å². The summed E-state index contributed by atoms with van der Waals surface area (Å²) in [5.74, 6) is 0.0784. The summed E-state index contributed by atoms with van der Waals surface area (Å²) in [5, 5.41) is 6.52. The Morgan fingerprint density at radius 1 is 1.33 bits per heavy atom. The molecule has 2 unspecified atom stereocenters. The summed E-state index contributed by atoms with van der Waals surface area (Å²) >= 11 is 0. The molecule has 0 saturated carbocycles. The van der Waals surface area contributed by atoms with Crippen LogP contribution in [-0.4, -0.2) is 55.3 Å². The maximum absolute atomic E-state index is 15.2. The fraction of sp³-hybridized carbons (Fsp3) is 0.231. The molecule has 2 atom stereocenters. The van der Waals surface area contributed by atoms with Crippen molar-refractivity contribution in [1.82, 2.24) is 15.3 Å². The largest absolute Gasteiger partial charge is 0.486 e. The minimum absolute atomic E-state index is 0.151. The second-order valence-electron chi connectivity index (χ2n) is 8.11. The Kier molecular flexibility index (Phi) is 7.65. The number of halogens is 2. The number of allylic oxidation sites excluding steroid dienone is 1. The highest BCUT2D eigenvalue weighted by molar-refractivity contribution is 6.11. The fourth-order valence-corrected chi connectivity index (χ4v) is 4.09. The van der Waals surface area contributed by atoms with Gasteiger partial charge in [-0.3, -0.25) is 9.98 Å². The molecule has 8 nitrogen and oxygen atoms in total. The maximum Gasteiger partial charge on any atom is 0.156 e. The Labute approximate surface area is 207 Å². The van der Waals surface area contributed by atoms with Gasteiger partial charge in [-0.15, -0.1) is 0 Å². The van der Waals surface area contributed by atoms with E-state index < -0.39 is 18.1 Å². The number of rotatable bonds is 8. The maximum atomic E-state index is 15.2. The van der Waals surface area contributed by atoms with E-state index in [1.165, 1.54) is 24.7 Å². The van der Waals surface area contributed by atoms with Gasteiger partial charge in [0.2, 0.25) is 0 Å². The summed E-state index contributed by atoms with van der Waals surface area (Å²) in [6.07, 6.45) is 4.35. The predicted octanol–water partition coefficient (Wildman–Crippen LogP) is 4.57. The zero-order chi connectivity index (χ0) is 25.7. The number of nitrogens with zero attached hydrogens (tertiary/aromatic N) is 4. The highest BCUT2D eigenvalue weighted by Gasteiger charge is 2.28. The van der Waals surface area contributed by atoms with Crippen LogP contribution in [0.4, 0.5) is 26.0 Å². The molecule has 0 amide bonds. The summed E-state index contributed by atoms with van der Waals surface area (Å²) in [6.45, 7) is 7.96. The van der Waals surface area contributed by atoms with Gasteiger partial charge in [0.1, 0.15) is 30.2 Å². The van der Waals surface area contributed by atoms with Crippen LogP contribution in [0.25, 0.3) is 22.6 Å². The first-order valence-corrected chi connectivity index (χ1v) is 11.3. The molecule has 10 heteroatoms. The first-order chi connectivity index (χ1) is 17.5. The summed E-state index contributed by atoms with van der Waals surface area (Å²) in [7, 11) is 1.63. The number of aromatic nitrogens is 2. The highest BCUT2D eigenvalue weighted by atomic mass is 19.1. The number of ether oxygens (including phenoxy) is 1. The van der Waals surface area contributed by atoms with Crippen LogP contribution in [0.1, 0.15) is 17.5 Å². The smallest absolute Gasteiger partial charge is 0.156 e. The first kappa shape index (κ1) is 24.9. The average Bonchev–Trinajstić information content (AvgIpc) is 2.89. The molecule has 1 fully saturated rings. The molecule has 0 radical (unpaired) electrons. The number of aliphatic imine (C=N–C) groups is 2. The van der Waals surface area contributed by atoms with Crippen LogP contribution >= 0.6 is 0 Å². The molecule has 186 valence electrons. The van der Waals surface area contributed by atoms with Crippen LogP contribution in [-0.2, 0) is 0 Å². The number of hydrogen-bond acceptors (Lipinski definition) is 8. The van der Waals surface area contributed by atoms with Gasteiger partial charge in [0, 0.05) is 37.1 Å². The van der Waals surface area contributed by atoms with Crippen molar-refractivity contribution in [3.63, 3.8) is 0 Å². The van der Waals surface area contributed by atoms with Gasteiger partial charge in [-0.05, 0) is 49.5 Å². The lowest BCUT2D eigenvalue weighted by molar-refractivity contribution is 0.0744. The number of alkyl halides is 1. The Balaban J connectivity index is 1.87. The minimum atomic E-state index is -1.20. The van der Waals surface area contributed by atoms with E-state index in [9.17, 15) is 4.39 Å². The first-order valence-electron chi connectivity index (χ1n) is 11.3. The zero-order valence-corrected chi connectivity index (χ0v) is 19.8. The molecule has 3 aromatic rings. The van der Waals surface area contributed by atoms with Crippen LogP contribution in [0.15, 0.2) is 53.4 Å². The van der Waals surface area contributed by atoms with Crippen molar-refractivity contribution in [3.8, 4) is 5.75 Å². The average molecular weight is 492 g/mol. The summed E-state index contributed by atoms with van der Waals surface area (Å²) in [5.41, 5.74) is 8.36. The number of anilines is 2. The quantitative estimate of drug-likeness (QED) is 0.399. The van der Waals surface area contributed by atoms with E-state index in [1.54, 1.807) is 31.5 Å². The van der Waals surface area contributed by atoms with Crippen LogP contribution < -0.4 is 21.1 Å². The summed E-state index contributed by atoms with van der Waals surface area (Å²) in [4.78, 5) is 16.6. The second-order valence-corrected chi connectivity index (χ2v) is 8.11. The van der Waals surface area contributed by atoms with Crippen molar-refractivity contribution in [1.29, 1.82) is 0 Å². The van der Waals surface area contributed by atoms with Crippen LogP contribution in [0, 0.1) is 5.82 Å². The van der Waals surface area contributed by atoms with Crippen molar-refractivity contribution in [2.75, 3.05) is 25.5 Å². The second kappa shape index (κ2) is 11.0. The van der Waals surface area contributed by atoms with E-state index in [0.29, 0.717) is 52.3 Å². The summed E-state index contributed by atoms with van der Waals surface area (Å²) in [6, 6.07) is 6.69. The molecule has 36 heavy (non-hydrogen) atoms. The van der Waals surface area contributed by atoms with E-state index in [-0.39, 0.29) is 17.8 Å². The molecule has 2 aromatic carbocycles. The van der Waals surface area contributed by atoms with Gasteiger partial charge in [-0.1, -0.05) is 12.7 Å². The Morgan fingerprint density at radius 2 is 2.17 bits per heavy atom. The van der Waals surface area contributed by atoms with Crippen molar-refractivity contribution >= 4 is 52.7 Å². The third kappa shape index (κ3) is 4.94. The number of fused-ring (bicyclic) bond motifs is 1. The third-order valence-corrected chi connectivity index (χ3v) is 5.89. The number of piperidine rings is 1. The molecule has 0 bridgehead atoms. The lowest BCUT2D eigenvalue weighted by atomic mass is 10.0. The van der Waals surface area contributed by atoms with Crippen molar-refractivity contribution in [2.45, 2.75) is 18.7 Å². The van der Waals surface area contributed by atoms with Gasteiger partial charge in [0.05, 0.1) is 22.3 Å². The molecule has 4 N–H and O–H groups in total. The molecule has 0 spiro atoms. The van der Waals surface area contributed by atoms with Gasteiger partial charge < -0.3 is 21.1 Å². The zero-order valence-electron chi connectivity index (χ0n) is 19.8. The molecule has 2 heterocycles. The van der Waals surface area contributed by atoms with E-state index in [0.717, 1.165) is 0 Å². The molecular formula is C26H27F2N7O. The SMILES string of the molecule is C=Cc1c(N=C)ccc(Nc2ncnc3cc(/C(C=NC)=C/N)cc(OC4CCNCC4F)c23)c1F. The number of nitrogens with two attached hydrogens (primary N) is 1. The Bertz CT molecular complexity index is 1360. The Morgan fingerprint density at radius 3 is 2.86 bits per heavy atom. The van der Waals surface area contributed by atoms with Crippen molar-refractivity contribution in [3.05, 3.63) is 60.3 Å². The molecule has 0 aliphatic carbocycles. The van der Waals surface area contributed by atoms with Gasteiger partial charge in [0.15, 0.2) is 5.82 Å². The third-order valence-electron chi connectivity index (χ3n) is 5.89. The number of hydrogen-bond donors (Lipinski definition) is 3. The van der Waals surface area contributed by atoms with Crippen LogP contribution in [0.2, 0.25) is 0 Å². The standard InChI is InChI=1S/C26H27F2N7O/c1-4-17-19(31-3)5-6-20(25(17)28)35-26-24-21(33-14-34-26)9-15(16(11-29)12-30-2)10-23(24)36-22-7-8-32-13-18(22)27/h4-6,9-12,14,18,22,32H,1,3,7-8,13,29H2,2H3,(H,33,34,35)/b16-11+,30-12?. The monoisotopic (exact) mass is 491 g/mol. The van der Waals surface area contributed by atoms with Crippen molar-refractivity contribution < 1.29 is 13.5 Å². The van der Waals surface area contributed by atoms with Crippen LogP contribution in [0.5, 0.6) is 5.75 Å². The molecular weight excluding hydrogens is 464 g/mol. The summed E-state index contributed by atoms with van der Waals surface area (Å²) < 4.78 is 36.1. The van der Waals surface area contributed by atoms with Gasteiger partial charge in [-0.2, -0.15) is 0 Å². The topological polar surface area (TPSA) is 110 Å². The van der Waals surface area contributed by atoms with E-state index in [1.807, 2.05) is 0 Å². The van der Waals surface area contributed by atoms with Gasteiger partial charge in [-0.25, -0.2) is 18.7 Å². The van der Waals surface area contributed by atoms with Gasteiger partial charge in [0.25, 0.3) is 0 Å². The molecule has 1 aliphatic heterocycles. The molecule has 4 rings (SSSR count). The van der Waals surface area contributed by atoms with Crippen molar-refractivity contribution in [2.24, 2.45) is 15.7 Å². The number of benzene rings is 2.